The normalized spacial score (nSPS) is 12.1. The number of nitrogens with zero attached hydrogens (tertiary/aromatic N) is 4. The molecule has 0 saturated heterocycles. The number of benzene rings is 10. The molecule has 0 unspecified atom stereocenters. The van der Waals surface area contributed by atoms with Gasteiger partial charge in [-0.25, -0.2) is 9.97 Å². The van der Waals surface area contributed by atoms with Gasteiger partial charge in [0.1, 0.15) is 5.69 Å². The smallest absolute Gasteiger partial charge is 0.165 e. The van der Waals surface area contributed by atoms with Crippen LogP contribution in [0.15, 0.2) is 194 Å². The summed E-state index contributed by atoms with van der Waals surface area (Å²) in [7, 11) is 0. The summed E-state index contributed by atoms with van der Waals surface area (Å²) >= 11 is 0. The van der Waals surface area contributed by atoms with E-state index in [-0.39, 0.29) is 0 Å². The standard InChI is InChI=1S/C54H32N4/c1-4-14-39-33(11-1)21-22-36-31-37(24-27-40(36)39)52-54(56-47-19-9-8-18-46(47)55-52)58-49-30-26-38(32-45(49)51-41-15-5-2-12-34(41)25-29-50(51)58)57-48-20-10-7-17-43(48)44-28-23-35-13-3-6-16-42(35)53(44)57/h1-32H. The zero-order valence-corrected chi connectivity index (χ0v) is 31.3. The predicted molar refractivity (Wildman–Crippen MR) is 244 cm³/mol. The second kappa shape index (κ2) is 11.8. The number of hydrogen-bond donors (Lipinski definition) is 0. The molecule has 3 aromatic heterocycles. The summed E-state index contributed by atoms with van der Waals surface area (Å²) in [6.07, 6.45) is 0. The molecule has 0 saturated carbocycles. The van der Waals surface area contributed by atoms with E-state index in [0.717, 1.165) is 44.8 Å². The molecule has 268 valence electrons. The zero-order chi connectivity index (χ0) is 37.9. The van der Waals surface area contributed by atoms with Crippen molar-refractivity contribution in [1.29, 1.82) is 0 Å². The summed E-state index contributed by atoms with van der Waals surface area (Å²) in [5.41, 5.74) is 9.31. The van der Waals surface area contributed by atoms with Crippen molar-refractivity contribution >= 4 is 97.7 Å². The molecule has 4 heteroatoms. The lowest BCUT2D eigenvalue weighted by molar-refractivity contribution is 1.08. The van der Waals surface area contributed by atoms with Crippen LogP contribution in [0.1, 0.15) is 0 Å². The lowest BCUT2D eigenvalue weighted by atomic mass is 9.99. The minimum Gasteiger partial charge on any atom is -0.309 e. The van der Waals surface area contributed by atoms with Crippen LogP contribution in [0.4, 0.5) is 0 Å². The molecule has 0 aliphatic heterocycles. The van der Waals surface area contributed by atoms with Crippen LogP contribution in [-0.2, 0) is 0 Å². The quantitative estimate of drug-likeness (QED) is 0.169. The van der Waals surface area contributed by atoms with Crippen molar-refractivity contribution in [2.75, 3.05) is 0 Å². The molecule has 3 heterocycles. The monoisotopic (exact) mass is 736 g/mol. The fraction of sp³-hybridized carbons (Fsp3) is 0. The van der Waals surface area contributed by atoms with Gasteiger partial charge in [-0.2, -0.15) is 0 Å². The van der Waals surface area contributed by atoms with Gasteiger partial charge in [0.15, 0.2) is 5.82 Å². The van der Waals surface area contributed by atoms with Crippen molar-refractivity contribution < 1.29 is 0 Å². The van der Waals surface area contributed by atoms with Crippen molar-refractivity contribution in [2.45, 2.75) is 0 Å². The van der Waals surface area contributed by atoms with Gasteiger partial charge in [-0.05, 0) is 86.2 Å². The first-order chi connectivity index (χ1) is 28.8. The van der Waals surface area contributed by atoms with Crippen LogP contribution in [0, 0.1) is 0 Å². The molecular weight excluding hydrogens is 705 g/mol. The first kappa shape index (κ1) is 31.4. The number of fused-ring (bicyclic) bond motifs is 14. The van der Waals surface area contributed by atoms with Crippen LogP contribution in [-0.4, -0.2) is 19.1 Å². The summed E-state index contributed by atoms with van der Waals surface area (Å²) < 4.78 is 4.81. The Labute approximate surface area is 332 Å². The van der Waals surface area contributed by atoms with E-state index in [1.54, 1.807) is 0 Å². The van der Waals surface area contributed by atoms with Crippen LogP contribution in [0.3, 0.4) is 0 Å². The number of para-hydroxylation sites is 3. The summed E-state index contributed by atoms with van der Waals surface area (Å²) in [5, 5.41) is 14.6. The topological polar surface area (TPSA) is 35.6 Å². The maximum atomic E-state index is 5.49. The van der Waals surface area contributed by atoms with E-state index < -0.39 is 0 Å². The molecule has 0 amide bonds. The van der Waals surface area contributed by atoms with E-state index >= 15 is 0 Å². The molecule has 0 atom stereocenters. The minimum absolute atomic E-state index is 0.810. The molecule has 10 aromatic carbocycles. The predicted octanol–water partition coefficient (Wildman–Crippen LogP) is 14.1. The molecule has 0 N–H and O–H groups in total. The van der Waals surface area contributed by atoms with Gasteiger partial charge >= 0.3 is 0 Å². The molecule has 0 bridgehead atoms. The van der Waals surface area contributed by atoms with Gasteiger partial charge in [0.2, 0.25) is 0 Å². The SMILES string of the molecule is c1ccc2c(c1)ccc1cc(-c3nc4ccccc4nc3-n3c4ccc(-n5c6ccccc6c6ccc7ccccc7c65)cc4c4c5ccccc5ccc43)ccc12. The van der Waals surface area contributed by atoms with E-state index in [2.05, 4.69) is 191 Å². The lowest BCUT2D eigenvalue weighted by Crippen LogP contribution is -2.04. The number of hydrogen-bond acceptors (Lipinski definition) is 2. The van der Waals surface area contributed by atoms with Gasteiger partial charge in [0, 0.05) is 38.2 Å². The number of aromatic nitrogens is 4. The zero-order valence-electron chi connectivity index (χ0n) is 31.3. The largest absolute Gasteiger partial charge is 0.309 e. The van der Waals surface area contributed by atoms with Gasteiger partial charge in [0.25, 0.3) is 0 Å². The fourth-order valence-corrected chi connectivity index (χ4v) is 9.64. The molecule has 13 rings (SSSR count). The third kappa shape index (κ3) is 4.40. The Hall–Kier alpha value is -7.82. The third-order valence-corrected chi connectivity index (χ3v) is 12.2. The van der Waals surface area contributed by atoms with E-state index in [9.17, 15) is 0 Å². The summed E-state index contributed by atoms with van der Waals surface area (Å²) in [5.74, 6) is 0.810. The third-order valence-electron chi connectivity index (χ3n) is 12.2. The van der Waals surface area contributed by atoms with Gasteiger partial charge in [-0.15, -0.1) is 0 Å². The summed E-state index contributed by atoms with van der Waals surface area (Å²) in [4.78, 5) is 10.9. The summed E-state index contributed by atoms with van der Waals surface area (Å²) in [6, 6.07) is 70.2. The molecular formula is C54H32N4. The average molecular weight is 737 g/mol. The second-order valence-corrected chi connectivity index (χ2v) is 15.4. The van der Waals surface area contributed by atoms with E-state index in [4.69, 9.17) is 9.97 Å². The van der Waals surface area contributed by atoms with Gasteiger partial charge in [0.05, 0.1) is 33.1 Å². The molecule has 0 aliphatic carbocycles. The molecule has 0 radical (unpaired) electrons. The van der Waals surface area contributed by atoms with Gasteiger partial charge in [-0.3, -0.25) is 4.57 Å². The Morgan fingerprint density at radius 1 is 0.328 bits per heavy atom. The molecule has 0 spiro atoms. The van der Waals surface area contributed by atoms with Gasteiger partial charge in [-0.1, -0.05) is 146 Å². The molecule has 4 nitrogen and oxygen atoms in total. The maximum absolute atomic E-state index is 5.49. The Balaban J connectivity index is 1.14. The highest BCUT2D eigenvalue weighted by Gasteiger charge is 2.23. The summed E-state index contributed by atoms with van der Waals surface area (Å²) in [6.45, 7) is 0. The van der Waals surface area contributed by atoms with Crippen LogP contribution in [0.2, 0.25) is 0 Å². The molecule has 0 fully saturated rings. The lowest BCUT2D eigenvalue weighted by Gasteiger charge is -2.15. The van der Waals surface area contributed by atoms with Crippen molar-refractivity contribution in [2.24, 2.45) is 0 Å². The molecule has 58 heavy (non-hydrogen) atoms. The van der Waals surface area contributed by atoms with Crippen molar-refractivity contribution in [3.8, 4) is 22.8 Å². The van der Waals surface area contributed by atoms with E-state index in [0.29, 0.717) is 0 Å². The highest BCUT2D eigenvalue weighted by Crippen LogP contribution is 2.42. The van der Waals surface area contributed by atoms with Crippen LogP contribution < -0.4 is 0 Å². The van der Waals surface area contributed by atoms with Crippen molar-refractivity contribution in [3.05, 3.63) is 194 Å². The highest BCUT2D eigenvalue weighted by molar-refractivity contribution is 6.23. The fourth-order valence-electron chi connectivity index (χ4n) is 9.64. The van der Waals surface area contributed by atoms with Gasteiger partial charge < -0.3 is 4.57 Å². The Morgan fingerprint density at radius 3 is 1.74 bits per heavy atom. The first-order valence-electron chi connectivity index (χ1n) is 19.8. The maximum Gasteiger partial charge on any atom is 0.165 e. The van der Waals surface area contributed by atoms with Crippen molar-refractivity contribution in [1.82, 2.24) is 19.1 Å². The first-order valence-corrected chi connectivity index (χ1v) is 19.8. The minimum atomic E-state index is 0.810. The Morgan fingerprint density at radius 2 is 0.897 bits per heavy atom. The van der Waals surface area contributed by atoms with Crippen LogP contribution >= 0.6 is 0 Å². The second-order valence-electron chi connectivity index (χ2n) is 15.4. The Bertz CT molecular complexity index is 3870. The molecule has 0 aliphatic rings. The Kier molecular flexibility index (Phi) is 6.41. The van der Waals surface area contributed by atoms with E-state index in [1.165, 1.54) is 75.7 Å². The average Bonchev–Trinajstić information content (AvgIpc) is 3.81. The number of rotatable bonds is 3. The van der Waals surface area contributed by atoms with E-state index in [1.807, 2.05) is 12.1 Å². The van der Waals surface area contributed by atoms with Crippen molar-refractivity contribution in [3.63, 3.8) is 0 Å². The molecule has 13 aromatic rings. The van der Waals surface area contributed by atoms with Crippen LogP contribution in [0.25, 0.3) is 120 Å². The highest BCUT2D eigenvalue weighted by atomic mass is 15.1. The van der Waals surface area contributed by atoms with Crippen LogP contribution in [0.5, 0.6) is 0 Å².